The highest BCUT2D eigenvalue weighted by atomic mass is 79.9. The fraction of sp³-hybridized carbons (Fsp3) is 0.148. The van der Waals surface area contributed by atoms with Crippen LogP contribution in [0.25, 0.3) is 56.2 Å². The van der Waals surface area contributed by atoms with Crippen molar-refractivity contribution >= 4 is 74.6 Å². The number of halogens is 3. The van der Waals surface area contributed by atoms with E-state index in [1.807, 2.05) is 82.1 Å². The molecular formula is C54H48BBrF2N18O2. The first kappa shape index (κ1) is 50.9. The molecule has 12 aromatic rings. The maximum Gasteiger partial charge on any atom is 0.496 e. The molecule has 8 N–H and O–H groups in total. The van der Waals surface area contributed by atoms with Crippen LogP contribution in [0.5, 0.6) is 0 Å². The van der Waals surface area contributed by atoms with Crippen molar-refractivity contribution in [3.63, 3.8) is 0 Å². The summed E-state index contributed by atoms with van der Waals surface area (Å²) in [5.41, 5.74) is 32.7. The van der Waals surface area contributed by atoms with Crippen molar-refractivity contribution in [2.45, 2.75) is 51.7 Å². The highest BCUT2D eigenvalue weighted by Gasteiger charge is 2.51. The number of imidazole rings is 2. The van der Waals surface area contributed by atoms with E-state index in [1.165, 1.54) is 33.3 Å². The van der Waals surface area contributed by atoms with Crippen LogP contribution in [-0.2, 0) is 22.2 Å². The fourth-order valence-corrected chi connectivity index (χ4v) is 9.22. The molecule has 0 radical (unpaired) electrons. The standard InChI is InChI=1S/C24H18FN9.C17H13BrFN7.C13H17BN2O2/c25-16-7-4-14(5-8-16)22-21(15-6-9-20-28-10-11-33(20)13-15)23-30-19(32-34(23)24(27)31-22)12-17-2-1-3-18(26)29-17;18-14-15(9-4-6-10(19)7-5-9)24-17(21)26-16(14)23-13(25-26)8-11-2-1-3-12(20)22-11;1-12(2)13(3,4)18-14(17-12)10-5-6-11-15-7-8-16(11)9-10/h1-11,13H,12H2,(H2,26,29)(H2,27,31);1-7H,8H2,(H2,20,22)(H2,21,24);5-9H,1-4H3. The highest BCUT2D eigenvalue weighted by Crippen LogP contribution is 2.38. The number of anilines is 4. The Hall–Kier alpha value is -9.26. The number of fused-ring (bicyclic) bond motifs is 4. The van der Waals surface area contributed by atoms with Gasteiger partial charge in [-0.15, -0.1) is 10.2 Å². The average molecular weight is 1110 g/mol. The topological polar surface area (TPSA) is 269 Å². The van der Waals surface area contributed by atoms with Gasteiger partial charge in [0.05, 0.1) is 56.9 Å². The summed E-state index contributed by atoms with van der Waals surface area (Å²) in [6.45, 7) is 8.23. The van der Waals surface area contributed by atoms with Gasteiger partial charge in [0.1, 0.15) is 34.6 Å². The molecule has 13 rings (SSSR count). The summed E-state index contributed by atoms with van der Waals surface area (Å²) in [6.07, 6.45) is 12.0. The van der Waals surface area contributed by atoms with Crippen molar-refractivity contribution < 1.29 is 18.1 Å². The zero-order chi connectivity index (χ0) is 54.5. The number of rotatable bonds is 8. The molecule has 2 aromatic carbocycles. The smallest absolute Gasteiger partial charge is 0.399 e. The number of nitrogens with two attached hydrogens (primary N) is 4. The van der Waals surface area contributed by atoms with Gasteiger partial charge in [-0.2, -0.15) is 9.03 Å². The molecular weight excluding hydrogens is 1060 g/mol. The van der Waals surface area contributed by atoms with Crippen molar-refractivity contribution in [2.24, 2.45) is 0 Å². The molecule has 390 valence electrons. The van der Waals surface area contributed by atoms with E-state index in [9.17, 15) is 8.78 Å². The van der Waals surface area contributed by atoms with Gasteiger partial charge in [0, 0.05) is 53.9 Å². The molecule has 10 aromatic heterocycles. The third-order valence-electron chi connectivity index (χ3n) is 13.2. The molecule has 0 spiro atoms. The Labute approximate surface area is 452 Å². The number of hydrogen-bond donors (Lipinski definition) is 4. The summed E-state index contributed by atoms with van der Waals surface area (Å²) in [4.78, 5) is 35.5. The van der Waals surface area contributed by atoms with E-state index < -0.39 is 0 Å². The van der Waals surface area contributed by atoms with Gasteiger partial charge in [-0.05, 0) is 140 Å². The van der Waals surface area contributed by atoms with Crippen LogP contribution in [0.3, 0.4) is 0 Å². The Kier molecular flexibility index (Phi) is 13.3. The molecule has 78 heavy (non-hydrogen) atoms. The first-order valence-electron chi connectivity index (χ1n) is 24.4. The van der Waals surface area contributed by atoms with Crippen LogP contribution >= 0.6 is 15.9 Å². The van der Waals surface area contributed by atoms with Gasteiger partial charge in [0.25, 0.3) is 0 Å². The van der Waals surface area contributed by atoms with Crippen LogP contribution in [0.2, 0.25) is 0 Å². The molecule has 0 saturated carbocycles. The van der Waals surface area contributed by atoms with Crippen molar-refractivity contribution in [1.29, 1.82) is 0 Å². The van der Waals surface area contributed by atoms with Gasteiger partial charge in [-0.3, -0.25) is 0 Å². The molecule has 1 fully saturated rings. The highest BCUT2D eigenvalue weighted by molar-refractivity contribution is 9.10. The second-order valence-electron chi connectivity index (χ2n) is 19.2. The third kappa shape index (κ3) is 10.3. The zero-order valence-electron chi connectivity index (χ0n) is 42.4. The Morgan fingerprint density at radius 3 is 1.56 bits per heavy atom. The first-order valence-corrected chi connectivity index (χ1v) is 25.2. The first-order chi connectivity index (χ1) is 37.4. The van der Waals surface area contributed by atoms with Crippen LogP contribution < -0.4 is 28.4 Å². The Balaban J connectivity index is 0.000000130. The summed E-state index contributed by atoms with van der Waals surface area (Å²) in [7, 11) is -0.318. The third-order valence-corrected chi connectivity index (χ3v) is 14.0. The van der Waals surface area contributed by atoms with Gasteiger partial charge in [-0.25, -0.2) is 48.7 Å². The van der Waals surface area contributed by atoms with E-state index in [0.29, 0.717) is 68.8 Å². The summed E-state index contributed by atoms with van der Waals surface area (Å²) in [6, 6.07) is 30.7. The van der Waals surface area contributed by atoms with Gasteiger partial charge >= 0.3 is 7.12 Å². The van der Waals surface area contributed by atoms with Crippen molar-refractivity contribution in [2.75, 3.05) is 22.9 Å². The minimum absolute atomic E-state index is 0.168. The molecule has 0 aliphatic carbocycles. The summed E-state index contributed by atoms with van der Waals surface area (Å²) < 4.78 is 46.3. The van der Waals surface area contributed by atoms with E-state index in [-0.39, 0.29) is 41.9 Å². The second-order valence-corrected chi connectivity index (χ2v) is 20.0. The van der Waals surface area contributed by atoms with Crippen molar-refractivity contribution in [3.8, 4) is 33.6 Å². The van der Waals surface area contributed by atoms with Crippen molar-refractivity contribution in [1.82, 2.24) is 67.9 Å². The van der Waals surface area contributed by atoms with Crippen LogP contribution in [0.15, 0.2) is 151 Å². The van der Waals surface area contributed by atoms with Gasteiger partial charge in [0.15, 0.2) is 22.9 Å². The number of aromatic nitrogens is 14. The lowest BCUT2D eigenvalue weighted by molar-refractivity contribution is 0.00578. The Bertz CT molecular complexity index is 4170. The number of pyridine rings is 4. The van der Waals surface area contributed by atoms with Gasteiger partial charge in [0.2, 0.25) is 11.9 Å². The maximum absolute atomic E-state index is 13.6. The average Bonchev–Trinajstić information content (AvgIpc) is 4.34. The zero-order valence-corrected chi connectivity index (χ0v) is 44.0. The molecule has 1 saturated heterocycles. The molecule has 24 heteroatoms. The predicted octanol–water partition coefficient (Wildman–Crippen LogP) is 7.87. The van der Waals surface area contributed by atoms with E-state index in [0.717, 1.165) is 44.8 Å². The molecule has 0 bridgehead atoms. The molecule has 1 aliphatic heterocycles. The monoisotopic (exact) mass is 1110 g/mol. The maximum atomic E-state index is 13.6. The minimum atomic E-state index is -0.335. The largest absolute Gasteiger partial charge is 0.496 e. The molecule has 0 unspecified atom stereocenters. The molecule has 0 atom stereocenters. The number of nitrogens with zero attached hydrogens (tertiary/aromatic N) is 14. The van der Waals surface area contributed by atoms with Crippen LogP contribution in [0, 0.1) is 11.6 Å². The lowest BCUT2D eigenvalue weighted by Crippen LogP contribution is -2.41. The SMILES string of the molecule is CC1(C)OB(c2ccc3nccn3c2)OC1(C)C.Nc1cccc(Cc2nc3c(-c4ccc5nccn5c4)c(-c4ccc(F)cc4)nc(N)n3n2)n1.Nc1cccc(Cc2nc3c(Br)c(-c4ccc(F)cc4)nc(N)n3n2)n1. The summed E-state index contributed by atoms with van der Waals surface area (Å²) in [5, 5.41) is 8.98. The van der Waals surface area contributed by atoms with E-state index in [4.69, 9.17) is 37.2 Å². The molecule has 20 nitrogen and oxygen atoms in total. The van der Waals surface area contributed by atoms with Crippen molar-refractivity contribution in [3.05, 3.63) is 186 Å². The number of hydrogen-bond acceptors (Lipinski definition) is 16. The van der Waals surface area contributed by atoms with Crippen LogP contribution in [-0.4, -0.2) is 86.2 Å². The number of nitrogen functional groups attached to an aromatic ring is 4. The van der Waals surface area contributed by atoms with E-state index in [2.05, 4.69) is 88.7 Å². The second kappa shape index (κ2) is 20.4. The van der Waals surface area contributed by atoms with Gasteiger partial charge in [-0.1, -0.05) is 18.2 Å². The molecule has 1 aliphatic rings. The van der Waals surface area contributed by atoms with Crippen LogP contribution in [0.4, 0.5) is 32.3 Å². The summed E-state index contributed by atoms with van der Waals surface area (Å²) >= 11 is 3.51. The Morgan fingerprint density at radius 1 is 0.538 bits per heavy atom. The molecule has 0 amide bonds. The predicted molar refractivity (Wildman–Crippen MR) is 297 cm³/mol. The lowest BCUT2D eigenvalue weighted by Gasteiger charge is -2.32. The number of benzene rings is 2. The normalized spacial score (nSPS) is 13.7. The van der Waals surface area contributed by atoms with E-state index >= 15 is 0 Å². The fourth-order valence-electron chi connectivity index (χ4n) is 8.65. The minimum Gasteiger partial charge on any atom is -0.399 e. The Morgan fingerprint density at radius 2 is 1.01 bits per heavy atom. The lowest BCUT2D eigenvalue weighted by atomic mass is 9.80. The van der Waals surface area contributed by atoms with Crippen LogP contribution in [0.1, 0.15) is 50.7 Å². The quantitative estimate of drug-likeness (QED) is 0.105. The summed E-state index contributed by atoms with van der Waals surface area (Å²) in [5.74, 6) is 1.61. The van der Waals surface area contributed by atoms with E-state index in [1.54, 1.807) is 48.8 Å². The van der Waals surface area contributed by atoms with Gasteiger partial charge < -0.3 is 41.0 Å². The molecule has 11 heterocycles.